The lowest BCUT2D eigenvalue weighted by atomic mass is 10.1. The van der Waals surface area contributed by atoms with Crippen LogP contribution in [-0.2, 0) is 6.61 Å². The van der Waals surface area contributed by atoms with Crippen LogP contribution in [0.15, 0.2) is 65.7 Å². The second kappa shape index (κ2) is 9.45. The Morgan fingerprint density at radius 2 is 1.90 bits per heavy atom. The third-order valence-corrected chi connectivity index (χ3v) is 4.56. The average molecular weight is 430 g/mol. The number of methoxy groups -OCH3 is 1. The first kappa shape index (κ1) is 20.7. The molecule has 0 aliphatic carbocycles. The summed E-state index contributed by atoms with van der Waals surface area (Å²) in [6.07, 6.45) is 1.66. The lowest BCUT2D eigenvalue weighted by molar-refractivity contribution is 0.0696. The number of hydrogen-bond acceptors (Lipinski definition) is 4. The third-order valence-electron chi connectivity index (χ3n) is 4.02. The number of carboxylic acids is 1. The fourth-order valence-corrected chi connectivity index (χ4v) is 3.03. The van der Waals surface area contributed by atoms with Gasteiger partial charge in [-0.3, -0.25) is 4.99 Å². The van der Waals surface area contributed by atoms with Gasteiger partial charge in [0.05, 0.1) is 23.4 Å². The first-order valence-electron chi connectivity index (χ1n) is 8.58. The second-order valence-electron chi connectivity index (χ2n) is 6.06. The molecule has 0 saturated heterocycles. The van der Waals surface area contributed by atoms with Gasteiger partial charge in [0.15, 0.2) is 11.5 Å². The molecule has 0 fully saturated rings. The molecule has 3 aromatic rings. The van der Waals surface area contributed by atoms with E-state index in [9.17, 15) is 4.79 Å². The quantitative estimate of drug-likeness (QED) is 0.465. The van der Waals surface area contributed by atoms with Crippen molar-refractivity contribution < 1.29 is 19.4 Å². The number of benzene rings is 3. The number of hydrogen-bond donors (Lipinski definition) is 1. The Morgan fingerprint density at radius 3 is 2.62 bits per heavy atom. The molecule has 0 aliphatic rings. The van der Waals surface area contributed by atoms with Crippen LogP contribution in [0, 0.1) is 0 Å². The maximum Gasteiger partial charge on any atom is 0.335 e. The number of carboxylic acid groups (broad SMARTS) is 1. The smallest absolute Gasteiger partial charge is 0.335 e. The van der Waals surface area contributed by atoms with E-state index < -0.39 is 5.97 Å². The molecule has 3 rings (SSSR count). The van der Waals surface area contributed by atoms with E-state index >= 15 is 0 Å². The standard InChI is InChI=1S/C22H17Cl2NO4/c1-28-21-10-14(12-25-19-7-6-17(23)11-18(19)24)5-8-20(21)29-13-15-3-2-4-16(9-15)22(26)27/h2-12H,13H2,1H3,(H,26,27). The first-order valence-corrected chi connectivity index (χ1v) is 9.34. The van der Waals surface area contributed by atoms with E-state index in [-0.39, 0.29) is 12.2 Å². The fourth-order valence-electron chi connectivity index (χ4n) is 2.57. The lowest BCUT2D eigenvalue weighted by Crippen LogP contribution is -2.01. The molecule has 7 heteroatoms. The highest BCUT2D eigenvalue weighted by atomic mass is 35.5. The minimum absolute atomic E-state index is 0.213. The first-order chi connectivity index (χ1) is 14.0. The summed E-state index contributed by atoms with van der Waals surface area (Å²) in [6, 6.07) is 17.1. The number of aromatic carboxylic acids is 1. The number of nitrogens with zero attached hydrogens (tertiary/aromatic N) is 1. The SMILES string of the molecule is COc1cc(C=Nc2ccc(Cl)cc2Cl)ccc1OCc1cccc(C(=O)O)c1. The van der Waals surface area contributed by atoms with Crippen LogP contribution in [0.5, 0.6) is 11.5 Å². The van der Waals surface area contributed by atoms with Crippen LogP contribution < -0.4 is 9.47 Å². The van der Waals surface area contributed by atoms with E-state index in [0.717, 1.165) is 11.1 Å². The van der Waals surface area contributed by atoms with Crippen LogP contribution in [-0.4, -0.2) is 24.4 Å². The highest BCUT2D eigenvalue weighted by Crippen LogP contribution is 2.30. The van der Waals surface area contributed by atoms with Crippen molar-refractivity contribution in [1.29, 1.82) is 0 Å². The molecule has 0 atom stereocenters. The number of carbonyl (C=O) groups is 1. The molecule has 0 saturated carbocycles. The molecule has 0 aliphatic heterocycles. The molecule has 0 radical (unpaired) electrons. The molecule has 0 amide bonds. The van der Waals surface area contributed by atoms with E-state index in [0.29, 0.717) is 27.2 Å². The Bertz CT molecular complexity index is 1070. The summed E-state index contributed by atoms with van der Waals surface area (Å²) in [6.45, 7) is 0.214. The predicted octanol–water partition coefficient (Wildman–Crippen LogP) is 6.03. The van der Waals surface area contributed by atoms with Crippen molar-refractivity contribution in [1.82, 2.24) is 0 Å². The summed E-state index contributed by atoms with van der Waals surface area (Å²) >= 11 is 12.0. The minimum atomic E-state index is -0.978. The number of rotatable bonds is 7. The molecule has 5 nitrogen and oxygen atoms in total. The van der Waals surface area contributed by atoms with Gasteiger partial charge in [0.2, 0.25) is 0 Å². The molecule has 148 valence electrons. The van der Waals surface area contributed by atoms with Gasteiger partial charge >= 0.3 is 5.97 Å². The van der Waals surface area contributed by atoms with Gasteiger partial charge in [-0.05, 0) is 59.7 Å². The third kappa shape index (κ3) is 5.50. The summed E-state index contributed by atoms with van der Waals surface area (Å²) in [5, 5.41) is 10.1. The largest absolute Gasteiger partial charge is 0.493 e. The topological polar surface area (TPSA) is 68.1 Å². The van der Waals surface area contributed by atoms with Crippen LogP contribution in [0.1, 0.15) is 21.5 Å². The van der Waals surface area contributed by atoms with Crippen molar-refractivity contribution in [3.8, 4) is 11.5 Å². The van der Waals surface area contributed by atoms with Crippen molar-refractivity contribution in [2.75, 3.05) is 7.11 Å². The molecule has 0 heterocycles. The zero-order valence-corrected chi connectivity index (χ0v) is 16.9. The molecule has 1 N–H and O–H groups in total. The van der Waals surface area contributed by atoms with Crippen molar-refractivity contribution >= 4 is 41.1 Å². The van der Waals surface area contributed by atoms with Crippen LogP contribution in [0.3, 0.4) is 0 Å². The predicted molar refractivity (Wildman–Crippen MR) is 114 cm³/mol. The molecule has 0 spiro atoms. The maximum atomic E-state index is 11.1. The monoisotopic (exact) mass is 429 g/mol. The van der Waals surface area contributed by atoms with Gasteiger partial charge in [0, 0.05) is 11.2 Å². The van der Waals surface area contributed by atoms with Gasteiger partial charge in [-0.2, -0.15) is 0 Å². The van der Waals surface area contributed by atoms with Crippen LogP contribution in [0.4, 0.5) is 5.69 Å². The summed E-state index contributed by atoms with van der Waals surface area (Å²) in [5.41, 5.74) is 2.36. The molecule has 3 aromatic carbocycles. The van der Waals surface area contributed by atoms with Crippen LogP contribution in [0.2, 0.25) is 10.0 Å². The van der Waals surface area contributed by atoms with Crippen molar-refractivity contribution in [2.45, 2.75) is 6.61 Å². The summed E-state index contributed by atoms with van der Waals surface area (Å²) < 4.78 is 11.2. The van der Waals surface area contributed by atoms with E-state index in [1.54, 1.807) is 61.9 Å². The highest BCUT2D eigenvalue weighted by molar-refractivity contribution is 6.36. The van der Waals surface area contributed by atoms with Crippen LogP contribution >= 0.6 is 23.2 Å². The summed E-state index contributed by atoms with van der Waals surface area (Å²) in [5.74, 6) is 0.0920. The van der Waals surface area contributed by atoms with E-state index in [1.165, 1.54) is 6.07 Å². The Morgan fingerprint density at radius 1 is 1.07 bits per heavy atom. The second-order valence-corrected chi connectivity index (χ2v) is 6.90. The van der Waals surface area contributed by atoms with E-state index in [1.807, 2.05) is 6.07 Å². The Labute approximate surface area is 178 Å². The zero-order valence-electron chi connectivity index (χ0n) is 15.4. The van der Waals surface area contributed by atoms with Crippen LogP contribution in [0.25, 0.3) is 0 Å². The molecule has 0 unspecified atom stereocenters. The molecule has 0 bridgehead atoms. The van der Waals surface area contributed by atoms with Gasteiger partial charge in [0.25, 0.3) is 0 Å². The van der Waals surface area contributed by atoms with Gasteiger partial charge in [-0.1, -0.05) is 35.3 Å². The highest BCUT2D eigenvalue weighted by Gasteiger charge is 2.08. The minimum Gasteiger partial charge on any atom is -0.493 e. The number of halogens is 2. The normalized spacial score (nSPS) is 10.9. The summed E-state index contributed by atoms with van der Waals surface area (Å²) in [7, 11) is 1.55. The van der Waals surface area contributed by atoms with Crippen molar-refractivity contribution in [3.63, 3.8) is 0 Å². The zero-order chi connectivity index (χ0) is 20.8. The van der Waals surface area contributed by atoms with Crippen molar-refractivity contribution in [2.24, 2.45) is 4.99 Å². The molecular weight excluding hydrogens is 413 g/mol. The van der Waals surface area contributed by atoms with Crippen molar-refractivity contribution in [3.05, 3.63) is 87.4 Å². The molecular formula is C22H17Cl2NO4. The van der Waals surface area contributed by atoms with Gasteiger partial charge in [-0.15, -0.1) is 0 Å². The average Bonchev–Trinajstić information content (AvgIpc) is 2.72. The summed E-state index contributed by atoms with van der Waals surface area (Å²) in [4.78, 5) is 15.5. The van der Waals surface area contributed by atoms with Gasteiger partial charge in [0.1, 0.15) is 6.61 Å². The molecule has 29 heavy (non-hydrogen) atoms. The number of ether oxygens (including phenoxy) is 2. The molecule has 0 aromatic heterocycles. The number of aliphatic imine (C=N–C) groups is 1. The Balaban J connectivity index is 1.74. The Kier molecular flexibility index (Phi) is 6.75. The lowest BCUT2D eigenvalue weighted by Gasteiger charge is -2.11. The van der Waals surface area contributed by atoms with E-state index in [4.69, 9.17) is 37.8 Å². The fraction of sp³-hybridized carbons (Fsp3) is 0.0909. The van der Waals surface area contributed by atoms with Gasteiger partial charge < -0.3 is 14.6 Å². The van der Waals surface area contributed by atoms with E-state index in [2.05, 4.69) is 4.99 Å². The maximum absolute atomic E-state index is 11.1. The van der Waals surface area contributed by atoms with Gasteiger partial charge in [-0.25, -0.2) is 4.79 Å². The Hall–Kier alpha value is -3.02.